The first kappa shape index (κ1) is 15.8. The van der Waals surface area contributed by atoms with Gasteiger partial charge in [0, 0.05) is 18.2 Å². The van der Waals surface area contributed by atoms with E-state index >= 15 is 0 Å². The van der Waals surface area contributed by atoms with Crippen LogP contribution in [0.15, 0.2) is 52.0 Å². The minimum atomic E-state index is -3.52. The molecule has 1 aliphatic heterocycles. The molecule has 0 bridgehead atoms. The summed E-state index contributed by atoms with van der Waals surface area (Å²) in [5, 5.41) is 6.01. The fourth-order valence-corrected chi connectivity index (χ4v) is 3.97. The summed E-state index contributed by atoms with van der Waals surface area (Å²) in [6.07, 6.45) is 2.20. The lowest BCUT2D eigenvalue weighted by molar-refractivity contribution is 0.0911. The maximum Gasteiger partial charge on any atom is 0.287 e. The van der Waals surface area contributed by atoms with Gasteiger partial charge >= 0.3 is 0 Å². The smallest absolute Gasteiger partial charge is 0.287 e. The largest absolute Gasteiger partial charge is 0.459 e. The predicted molar refractivity (Wildman–Crippen MR) is 84.8 cm³/mol. The molecule has 23 heavy (non-hydrogen) atoms. The third-order valence-electron chi connectivity index (χ3n) is 3.80. The molecule has 1 aromatic heterocycles. The van der Waals surface area contributed by atoms with E-state index in [1.165, 1.54) is 12.3 Å². The van der Waals surface area contributed by atoms with Crippen LogP contribution in [-0.2, 0) is 15.6 Å². The molecule has 0 saturated carbocycles. The second-order valence-electron chi connectivity index (χ2n) is 5.51. The van der Waals surface area contributed by atoms with E-state index in [9.17, 15) is 13.2 Å². The van der Waals surface area contributed by atoms with Gasteiger partial charge in [-0.2, -0.15) is 0 Å². The minimum Gasteiger partial charge on any atom is -0.459 e. The van der Waals surface area contributed by atoms with Crippen LogP contribution in [0.5, 0.6) is 0 Å². The fourth-order valence-electron chi connectivity index (χ4n) is 2.59. The van der Waals surface area contributed by atoms with Crippen LogP contribution < -0.4 is 10.6 Å². The van der Waals surface area contributed by atoms with E-state index in [0.717, 1.165) is 13.0 Å². The van der Waals surface area contributed by atoms with Crippen molar-refractivity contribution in [3.63, 3.8) is 0 Å². The van der Waals surface area contributed by atoms with Crippen molar-refractivity contribution in [2.24, 2.45) is 0 Å². The van der Waals surface area contributed by atoms with Gasteiger partial charge in [-0.1, -0.05) is 18.2 Å². The Morgan fingerprint density at radius 2 is 2.04 bits per heavy atom. The van der Waals surface area contributed by atoms with Crippen LogP contribution in [0.3, 0.4) is 0 Å². The van der Waals surface area contributed by atoms with Gasteiger partial charge < -0.3 is 15.1 Å². The Kier molecular flexibility index (Phi) is 4.49. The number of hydrogen-bond acceptors (Lipinski definition) is 5. The Bertz CT molecular complexity index is 777. The zero-order valence-corrected chi connectivity index (χ0v) is 13.3. The van der Waals surface area contributed by atoms with Gasteiger partial charge in [0.05, 0.1) is 16.9 Å². The zero-order valence-electron chi connectivity index (χ0n) is 12.5. The second-order valence-corrected chi connectivity index (χ2v) is 7.50. The van der Waals surface area contributed by atoms with Crippen molar-refractivity contribution in [3.8, 4) is 0 Å². The van der Waals surface area contributed by atoms with E-state index in [1.807, 2.05) is 0 Å². The Morgan fingerprint density at radius 1 is 1.26 bits per heavy atom. The van der Waals surface area contributed by atoms with Crippen LogP contribution in [-0.4, -0.2) is 33.5 Å². The minimum absolute atomic E-state index is 0.0474. The van der Waals surface area contributed by atoms with Crippen molar-refractivity contribution in [2.75, 3.05) is 13.1 Å². The standard InChI is InChI=1S/C16H18N2O4S/c19-16(18-13-6-8-17-10-13)15-12(7-9-22-15)11-23(20,21)14-4-2-1-3-5-14/h1-5,7,9,13,17H,6,8,10-11H2,(H,18,19). The van der Waals surface area contributed by atoms with E-state index in [4.69, 9.17) is 4.42 Å². The number of nitrogens with one attached hydrogen (secondary N) is 2. The summed E-state index contributed by atoms with van der Waals surface area (Å²) >= 11 is 0. The van der Waals surface area contributed by atoms with Gasteiger partial charge in [-0.25, -0.2) is 8.42 Å². The molecule has 2 aromatic rings. The Hall–Kier alpha value is -2.12. The SMILES string of the molecule is O=C(NC1CCNC1)c1occc1CS(=O)(=O)c1ccccc1. The van der Waals surface area contributed by atoms with Crippen LogP contribution in [0, 0.1) is 0 Å². The van der Waals surface area contributed by atoms with Crippen molar-refractivity contribution in [1.29, 1.82) is 0 Å². The quantitative estimate of drug-likeness (QED) is 0.861. The Labute approximate surface area is 134 Å². The topological polar surface area (TPSA) is 88.4 Å². The monoisotopic (exact) mass is 334 g/mol. The molecule has 0 spiro atoms. The molecule has 1 unspecified atom stereocenters. The van der Waals surface area contributed by atoms with Crippen LogP contribution in [0.1, 0.15) is 22.5 Å². The van der Waals surface area contributed by atoms with Crippen molar-refractivity contribution in [3.05, 3.63) is 54.0 Å². The first-order valence-electron chi connectivity index (χ1n) is 7.42. The molecule has 122 valence electrons. The summed E-state index contributed by atoms with van der Waals surface area (Å²) < 4.78 is 30.1. The number of amides is 1. The number of carbonyl (C=O) groups is 1. The van der Waals surface area contributed by atoms with Crippen molar-refractivity contribution >= 4 is 15.7 Å². The number of hydrogen-bond donors (Lipinski definition) is 2. The molecule has 0 aliphatic carbocycles. The van der Waals surface area contributed by atoms with E-state index in [2.05, 4.69) is 10.6 Å². The Morgan fingerprint density at radius 3 is 2.74 bits per heavy atom. The molecule has 6 nitrogen and oxygen atoms in total. The van der Waals surface area contributed by atoms with Gasteiger partial charge in [0.2, 0.25) is 0 Å². The molecule has 2 heterocycles. The third-order valence-corrected chi connectivity index (χ3v) is 5.48. The summed E-state index contributed by atoms with van der Waals surface area (Å²) in [6.45, 7) is 1.57. The maximum atomic E-state index is 12.4. The molecule has 1 aromatic carbocycles. The molecule has 0 radical (unpaired) electrons. The van der Waals surface area contributed by atoms with Gasteiger partial charge in [-0.05, 0) is 31.2 Å². The highest BCUT2D eigenvalue weighted by atomic mass is 32.2. The maximum absolute atomic E-state index is 12.4. The van der Waals surface area contributed by atoms with Crippen molar-refractivity contribution in [1.82, 2.24) is 10.6 Å². The number of benzene rings is 1. The first-order chi connectivity index (χ1) is 11.1. The van der Waals surface area contributed by atoms with Gasteiger partial charge in [0.25, 0.3) is 5.91 Å². The van der Waals surface area contributed by atoms with E-state index in [-0.39, 0.29) is 28.4 Å². The van der Waals surface area contributed by atoms with Crippen LogP contribution in [0.25, 0.3) is 0 Å². The van der Waals surface area contributed by atoms with Crippen molar-refractivity contribution in [2.45, 2.75) is 23.1 Å². The van der Waals surface area contributed by atoms with Gasteiger partial charge in [0.15, 0.2) is 15.6 Å². The molecule has 3 rings (SSSR count). The number of sulfone groups is 1. The third kappa shape index (κ3) is 3.62. The average molecular weight is 334 g/mol. The predicted octanol–water partition coefficient (Wildman–Crippen LogP) is 1.35. The lowest BCUT2D eigenvalue weighted by atomic mass is 10.2. The zero-order chi connectivity index (χ0) is 16.3. The molecule has 2 N–H and O–H groups in total. The normalized spacial score (nSPS) is 18.0. The van der Waals surface area contributed by atoms with Crippen LogP contribution in [0.4, 0.5) is 0 Å². The van der Waals surface area contributed by atoms with Crippen LogP contribution in [0.2, 0.25) is 0 Å². The molecule has 1 fully saturated rings. The van der Waals surface area contributed by atoms with Gasteiger partial charge in [-0.3, -0.25) is 4.79 Å². The van der Waals surface area contributed by atoms with E-state index in [1.54, 1.807) is 30.3 Å². The second kappa shape index (κ2) is 6.55. The highest BCUT2D eigenvalue weighted by molar-refractivity contribution is 7.90. The molecular formula is C16H18N2O4S. The lowest BCUT2D eigenvalue weighted by Gasteiger charge is -2.11. The molecular weight excluding hydrogens is 316 g/mol. The van der Waals surface area contributed by atoms with E-state index in [0.29, 0.717) is 12.1 Å². The lowest BCUT2D eigenvalue weighted by Crippen LogP contribution is -2.36. The summed E-state index contributed by atoms with van der Waals surface area (Å²) in [4.78, 5) is 12.5. The number of rotatable bonds is 5. The van der Waals surface area contributed by atoms with Gasteiger partial charge in [-0.15, -0.1) is 0 Å². The summed E-state index contributed by atoms with van der Waals surface area (Å²) in [5.74, 6) is -0.572. The first-order valence-corrected chi connectivity index (χ1v) is 9.07. The molecule has 7 heteroatoms. The molecule has 1 aliphatic rings. The van der Waals surface area contributed by atoms with Gasteiger partial charge in [0.1, 0.15) is 0 Å². The molecule has 1 atom stereocenters. The Balaban J connectivity index is 1.77. The average Bonchev–Trinajstić information content (AvgIpc) is 3.19. The summed E-state index contributed by atoms with van der Waals surface area (Å²) in [7, 11) is -3.52. The summed E-state index contributed by atoms with van der Waals surface area (Å²) in [5.41, 5.74) is 0.373. The number of furan rings is 1. The summed E-state index contributed by atoms with van der Waals surface area (Å²) in [6, 6.07) is 9.75. The van der Waals surface area contributed by atoms with E-state index < -0.39 is 9.84 Å². The highest BCUT2D eigenvalue weighted by Gasteiger charge is 2.24. The van der Waals surface area contributed by atoms with Crippen molar-refractivity contribution < 1.29 is 17.6 Å². The fraction of sp³-hybridized carbons (Fsp3) is 0.312. The highest BCUT2D eigenvalue weighted by Crippen LogP contribution is 2.20. The molecule has 1 saturated heterocycles. The van der Waals surface area contributed by atoms with Crippen LogP contribution >= 0.6 is 0 Å². The molecule has 1 amide bonds. The number of carbonyl (C=O) groups excluding carboxylic acids is 1.